The smallest absolute Gasteiger partial charge is 0.306 e. The molecule has 0 saturated heterocycles. The van der Waals surface area contributed by atoms with Crippen molar-refractivity contribution in [2.45, 2.75) is 245 Å². The van der Waals surface area contributed by atoms with Gasteiger partial charge < -0.3 is 9.84 Å². The van der Waals surface area contributed by atoms with Gasteiger partial charge >= 0.3 is 5.97 Å². The van der Waals surface area contributed by atoms with Gasteiger partial charge in [-0.2, -0.15) is 0 Å². The molecule has 0 aliphatic rings. The molecule has 4 nitrogen and oxygen atoms in total. The van der Waals surface area contributed by atoms with E-state index >= 15 is 0 Å². The molecule has 0 aliphatic heterocycles. The van der Waals surface area contributed by atoms with E-state index in [-0.39, 0.29) is 18.3 Å². The Hall–Kier alpha value is -0.610. The molecule has 0 saturated carbocycles. The van der Waals surface area contributed by atoms with Crippen LogP contribution >= 0.6 is 0 Å². The predicted octanol–water partition coefficient (Wildman–Crippen LogP) is 13.1. The average molecular weight is 638 g/mol. The molecule has 0 aromatic carbocycles. The van der Waals surface area contributed by atoms with Gasteiger partial charge in [-0.25, -0.2) is 0 Å². The number of esters is 1. The summed E-state index contributed by atoms with van der Waals surface area (Å²) >= 11 is 0. The molecule has 0 radical (unpaired) electrons. The first kappa shape index (κ1) is 44.4. The topological polar surface area (TPSA) is 49.8 Å². The third-order valence-corrected chi connectivity index (χ3v) is 9.71. The van der Waals surface area contributed by atoms with Crippen LogP contribution in [-0.2, 0) is 9.53 Å². The molecule has 0 aromatic rings. The lowest BCUT2D eigenvalue weighted by Gasteiger charge is -2.25. The quantitative estimate of drug-likeness (QED) is 0.0418. The van der Waals surface area contributed by atoms with Crippen LogP contribution in [0, 0.1) is 0 Å². The Labute approximate surface area is 283 Å². The second-order valence-corrected chi connectivity index (χ2v) is 14.3. The minimum absolute atomic E-state index is 0.0275. The van der Waals surface area contributed by atoms with Crippen molar-refractivity contribution >= 4 is 5.97 Å². The van der Waals surface area contributed by atoms with Crippen LogP contribution in [0.1, 0.15) is 233 Å². The van der Waals surface area contributed by atoms with Gasteiger partial charge in [0.25, 0.3) is 0 Å². The third-order valence-electron chi connectivity index (χ3n) is 9.71. The van der Waals surface area contributed by atoms with Crippen LogP contribution in [-0.4, -0.2) is 41.4 Å². The molecule has 0 fully saturated rings. The van der Waals surface area contributed by atoms with Crippen molar-refractivity contribution in [2.24, 2.45) is 0 Å². The van der Waals surface area contributed by atoms with Gasteiger partial charge in [-0.3, -0.25) is 9.69 Å². The van der Waals surface area contributed by atoms with Crippen molar-refractivity contribution in [3.8, 4) is 0 Å². The SMILES string of the molecule is CCCCCCCCCCCCCCN(CCCCCCCC(=O)OC(CCCCCCCC)CCCCCCCC)C(C)O. The van der Waals surface area contributed by atoms with Gasteiger partial charge in [-0.05, 0) is 51.9 Å². The number of aliphatic hydroxyl groups excluding tert-OH is 1. The minimum atomic E-state index is -0.354. The second kappa shape index (κ2) is 36.2. The lowest BCUT2D eigenvalue weighted by atomic mass is 10.0. The molecule has 270 valence electrons. The summed E-state index contributed by atoms with van der Waals surface area (Å²) in [5.74, 6) is 0.0275. The maximum absolute atomic E-state index is 12.7. The highest BCUT2D eigenvalue weighted by atomic mass is 16.5. The molecule has 1 atom stereocenters. The van der Waals surface area contributed by atoms with E-state index in [2.05, 4.69) is 25.7 Å². The lowest BCUT2D eigenvalue weighted by Crippen LogP contribution is -2.34. The van der Waals surface area contributed by atoms with Crippen LogP contribution in [0.15, 0.2) is 0 Å². The number of hydrogen-bond acceptors (Lipinski definition) is 4. The van der Waals surface area contributed by atoms with Gasteiger partial charge in [0, 0.05) is 19.5 Å². The number of unbranched alkanes of at least 4 members (excludes halogenated alkanes) is 25. The Morgan fingerprint density at radius 1 is 0.489 bits per heavy atom. The fourth-order valence-electron chi connectivity index (χ4n) is 6.57. The molecule has 0 rings (SSSR count). The minimum Gasteiger partial charge on any atom is -0.462 e. The van der Waals surface area contributed by atoms with Gasteiger partial charge in [0.1, 0.15) is 12.3 Å². The Bertz CT molecular complexity index is 565. The Kier molecular flexibility index (Phi) is 35.7. The maximum Gasteiger partial charge on any atom is 0.306 e. The fourth-order valence-corrected chi connectivity index (χ4v) is 6.57. The molecule has 45 heavy (non-hydrogen) atoms. The summed E-state index contributed by atoms with van der Waals surface area (Å²) < 4.78 is 6.01. The van der Waals surface area contributed by atoms with Crippen LogP contribution in [0.25, 0.3) is 0 Å². The van der Waals surface area contributed by atoms with E-state index in [9.17, 15) is 9.90 Å². The number of carbonyl (C=O) groups is 1. The number of hydrogen-bond donors (Lipinski definition) is 1. The zero-order valence-electron chi connectivity index (χ0n) is 31.4. The van der Waals surface area contributed by atoms with E-state index < -0.39 is 0 Å². The highest BCUT2D eigenvalue weighted by molar-refractivity contribution is 5.69. The number of aliphatic hydroxyl groups is 1. The van der Waals surface area contributed by atoms with E-state index in [1.54, 1.807) is 0 Å². The summed E-state index contributed by atoms with van der Waals surface area (Å²) in [6, 6.07) is 0. The standard InChI is InChI=1S/C41H83NO3/c1-5-8-11-14-17-18-19-20-21-22-27-32-37-42(39(4)43)38-33-28-23-26-31-36-41(44)45-40(34-29-24-15-12-9-6-2)35-30-25-16-13-10-7-3/h39-40,43H,5-38H2,1-4H3. The summed E-state index contributed by atoms with van der Waals surface area (Å²) in [6.45, 7) is 10.7. The molecule has 1 N–H and O–H groups in total. The van der Waals surface area contributed by atoms with Crippen LogP contribution < -0.4 is 0 Å². The zero-order chi connectivity index (χ0) is 33.1. The predicted molar refractivity (Wildman–Crippen MR) is 198 cm³/mol. The molecular weight excluding hydrogens is 554 g/mol. The van der Waals surface area contributed by atoms with E-state index in [0.29, 0.717) is 6.42 Å². The summed E-state index contributed by atoms with van der Waals surface area (Å²) in [5, 5.41) is 10.2. The first-order valence-electron chi connectivity index (χ1n) is 20.7. The Morgan fingerprint density at radius 2 is 0.800 bits per heavy atom. The molecule has 4 heteroatoms. The zero-order valence-corrected chi connectivity index (χ0v) is 31.4. The normalized spacial score (nSPS) is 12.4. The number of carbonyl (C=O) groups excluding carboxylic acids is 1. The van der Waals surface area contributed by atoms with Crippen LogP contribution in [0.4, 0.5) is 0 Å². The molecule has 0 spiro atoms. The molecule has 0 amide bonds. The van der Waals surface area contributed by atoms with Crippen molar-refractivity contribution in [3.05, 3.63) is 0 Å². The molecule has 0 aromatic heterocycles. The van der Waals surface area contributed by atoms with E-state index in [4.69, 9.17) is 4.74 Å². The summed E-state index contributed by atoms with van der Waals surface area (Å²) in [6.07, 6.45) is 39.9. The molecule has 0 aliphatic carbocycles. The first-order chi connectivity index (χ1) is 22.0. The largest absolute Gasteiger partial charge is 0.462 e. The molecule has 1 unspecified atom stereocenters. The summed E-state index contributed by atoms with van der Waals surface area (Å²) in [4.78, 5) is 14.9. The monoisotopic (exact) mass is 638 g/mol. The van der Waals surface area contributed by atoms with Crippen molar-refractivity contribution in [1.82, 2.24) is 4.90 Å². The van der Waals surface area contributed by atoms with Gasteiger partial charge in [0.05, 0.1) is 0 Å². The lowest BCUT2D eigenvalue weighted by molar-refractivity contribution is -0.150. The van der Waals surface area contributed by atoms with Crippen LogP contribution in [0.5, 0.6) is 0 Å². The van der Waals surface area contributed by atoms with E-state index in [0.717, 1.165) is 45.2 Å². The Morgan fingerprint density at radius 3 is 1.16 bits per heavy atom. The number of nitrogens with zero attached hydrogens (tertiary/aromatic N) is 1. The maximum atomic E-state index is 12.7. The second-order valence-electron chi connectivity index (χ2n) is 14.3. The third kappa shape index (κ3) is 33.1. The van der Waals surface area contributed by atoms with Gasteiger partial charge in [-0.1, -0.05) is 175 Å². The average Bonchev–Trinajstić information content (AvgIpc) is 3.02. The van der Waals surface area contributed by atoms with Crippen molar-refractivity contribution in [1.29, 1.82) is 0 Å². The fraction of sp³-hybridized carbons (Fsp3) is 0.976. The first-order valence-corrected chi connectivity index (χ1v) is 20.7. The summed E-state index contributed by atoms with van der Waals surface area (Å²) in [7, 11) is 0. The van der Waals surface area contributed by atoms with Crippen molar-refractivity contribution in [2.75, 3.05) is 13.1 Å². The highest BCUT2D eigenvalue weighted by Gasteiger charge is 2.14. The van der Waals surface area contributed by atoms with Crippen LogP contribution in [0.2, 0.25) is 0 Å². The van der Waals surface area contributed by atoms with E-state index in [1.807, 2.05) is 6.92 Å². The van der Waals surface area contributed by atoms with Gasteiger partial charge in [0.2, 0.25) is 0 Å². The van der Waals surface area contributed by atoms with Gasteiger partial charge in [0.15, 0.2) is 0 Å². The highest BCUT2D eigenvalue weighted by Crippen LogP contribution is 2.19. The molecular formula is C41H83NO3. The molecule has 0 bridgehead atoms. The summed E-state index contributed by atoms with van der Waals surface area (Å²) in [5.41, 5.74) is 0. The van der Waals surface area contributed by atoms with Gasteiger partial charge in [-0.15, -0.1) is 0 Å². The van der Waals surface area contributed by atoms with Crippen molar-refractivity contribution < 1.29 is 14.6 Å². The number of rotatable bonds is 37. The van der Waals surface area contributed by atoms with E-state index in [1.165, 1.54) is 167 Å². The van der Waals surface area contributed by atoms with Crippen LogP contribution in [0.3, 0.4) is 0 Å². The Balaban J connectivity index is 3.96. The van der Waals surface area contributed by atoms with Crippen molar-refractivity contribution in [3.63, 3.8) is 0 Å². The number of ether oxygens (including phenoxy) is 1. The molecule has 0 heterocycles.